The molecule has 1 aromatic carbocycles. The van der Waals surface area contributed by atoms with Gasteiger partial charge in [-0.3, -0.25) is 0 Å². The van der Waals surface area contributed by atoms with E-state index < -0.39 is 24.9 Å². The van der Waals surface area contributed by atoms with Crippen molar-refractivity contribution in [3.05, 3.63) is 30.3 Å². The van der Waals surface area contributed by atoms with E-state index in [9.17, 15) is 0 Å². The van der Waals surface area contributed by atoms with Crippen molar-refractivity contribution in [1.29, 1.82) is 0 Å². The molecule has 0 radical (unpaired) electrons. The van der Waals surface area contributed by atoms with Crippen LogP contribution in [0.15, 0.2) is 30.3 Å². The fourth-order valence-corrected chi connectivity index (χ4v) is 6.91. The van der Waals surface area contributed by atoms with Crippen molar-refractivity contribution in [3.8, 4) is 0 Å². The molecule has 0 aliphatic carbocycles. The Labute approximate surface area is 87.6 Å². The van der Waals surface area contributed by atoms with Crippen LogP contribution in [-0.2, 0) is 24.9 Å². The van der Waals surface area contributed by atoms with Gasteiger partial charge in [-0.1, -0.05) is 0 Å². The zero-order valence-electron chi connectivity index (χ0n) is 7.96. The maximum atomic E-state index is 2.63. The summed E-state index contributed by atoms with van der Waals surface area (Å²) in [4.78, 5) is 0. The van der Waals surface area contributed by atoms with Crippen LogP contribution in [0.5, 0.6) is 0 Å². The maximum absolute atomic E-state index is 2.63. The Balaban J connectivity index is 2.51. The zero-order valence-corrected chi connectivity index (χ0v) is 13.5. The first-order valence-corrected chi connectivity index (χ1v) is 9.83. The SMILES string of the molecule is CC[N](CC)[Hg][c]1ccccc1. The third kappa shape index (κ3) is 3.24. The van der Waals surface area contributed by atoms with Gasteiger partial charge in [0.1, 0.15) is 0 Å². The van der Waals surface area contributed by atoms with Crippen LogP contribution >= 0.6 is 0 Å². The molecule has 0 unspecified atom stereocenters. The van der Waals surface area contributed by atoms with Gasteiger partial charge in [0.05, 0.1) is 0 Å². The molecule has 0 N–H and O–H groups in total. The molecule has 0 heterocycles. The summed E-state index contributed by atoms with van der Waals surface area (Å²) in [5.41, 5.74) is 0. The van der Waals surface area contributed by atoms with Gasteiger partial charge in [0.15, 0.2) is 0 Å². The van der Waals surface area contributed by atoms with Crippen molar-refractivity contribution in [3.63, 3.8) is 0 Å². The molecule has 0 amide bonds. The molecular formula is C10H15HgN. The fraction of sp³-hybridized carbons (Fsp3) is 0.400. The van der Waals surface area contributed by atoms with Gasteiger partial charge in [0, 0.05) is 0 Å². The summed E-state index contributed by atoms with van der Waals surface area (Å²) in [5, 5.41) is 0. The first-order valence-electron chi connectivity index (χ1n) is 4.63. The Bertz CT molecular complexity index is 206. The van der Waals surface area contributed by atoms with E-state index in [0.717, 1.165) is 0 Å². The minimum absolute atomic E-state index is 0.909. The molecule has 0 spiro atoms. The third-order valence-corrected chi connectivity index (χ3v) is 10.6. The van der Waals surface area contributed by atoms with E-state index in [0.29, 0.717) is 0 Å². The van der Waals surface area contributed by atoms with E-state index in [4.69, 9.17) is 0 Å². The first kappa shape index (κ1) is 10.2. The molecule has 2 heteroatoms. The predicted molar refractivity (Wildman–Crippen MR) is 49.0 cm³/mol. The molecule has 0 saturated heterocycles. The van der Waals surface area contributed by atoms with Gasteiger partial charge in [0.2, 0.25) is 0 Å². The van der Waals surface area contributed by atoms with Crippen LogP contribution in [0, 0.1) is 0 Å². The Morgan fingerprint density at radius 2 is 1.67 bits per heavy atom. The van der Waals surface area contributed by atoms with E-state index in [1.165, 1.54) is 13.1 Å². The molecule has 62 valence electrons. The Morgan fingerprint density at radius 1 is 1.08 bits per heavy atom. The van der Waals surface area contributed by atoms with Crippen LogP contribution < -0.4 is 3.07 Å². The average Bonchev–Trinajstić information content (AvgIpc) is 2.16. The van der Waals surface area contributed by atoms with Gasteiger partial charge >= 0.3 is 87.9 Å². The topological polar surface area (TPSA) is 3.24 Å². The van der Waals surface area contributed by atoms with Crippen molar-refractivity contribution < 1.29 is 24.9 Å². The number of nitrogens with zero attached hydrogens (tertiary/aromatic N) is 1. The van der Waals surface area contributed by atoms with Crippen molar-refractivity contribution in [2.24, 2.45) is 0 Å². The molecule has 0 aromatic heterocycles. The molecule has 1 aromatic rings. The molecule has 0 fully saturated rings. The molecule has 0 aliphatic rings. The van der Waals surface area contributed by atoms with Crippen LogP contribution in [0.2, 0.25) is 0 Å². The fourth-order valence-electron chi connectivity index (χ4n) is 1.29. The summed E-state index contributed by atoms with van der Waals surface area (Å²) in [6, 6.07) is 11.0. The Kier molecular flexibility index (Phi) is 4.85. The van der Waals surface area contributed by atoms with Crippen LogP contribution in [-0.4, -0.2) is 15.8 Å². The van der Waals surface area contributed by atoms with Crippen LogP contribution in [0.3, 0.4) is 0 Å². The molecule has 1 rings (SSSR count). The normalized spacial score (nSPS) is 9.92. The summed E-state index contributed by atoms with van der Waals surface area (Å²) >= 11 is -0.909. The van der Waals surface area contributed by atoms with E-state index in [1.807, 2.05) is 0 Å². The number of hydrogen-bond donors (Lipinski definition) is 0. The van der Waals surface area contributed by atoms with Crippen molar-refractivity contribution >= 4 is 3.07 Å². The van der Waals surface area contributed by atoms with Gasteiger partial charge in [-0.25, -0.2) is 0 Å². The molecule has 0 saturated carbocycles. The van der Waals surface area contributed by atoms with Gasteiger partial charge in [0.25, 0.3) is 0 Å². The van der Waals surface area contributed by atoms with Crippen molar-refractivity contribution in [2.75, 3.05) is 13.1 Å². The number of rotatable bonds is 4. The molecule has 12 heavy (non-hydrogen) atoms. The molecular weight excluding hydrogens is 335 g/mol. The van der Waals surface area contributed by atoms with Crippen molar-refractivity contribution in [2.45, 2.75) is 13.8 Å². The monoisotopic (exact) mass is 351 g/mol. The predicted octanol–water partition coefficient (Wildman–Crippen LogP) is 1.65. The van der Waals surface area contributed by atoms with Crippen LogP contribution in [0.4, 0.5) is 0 Å². The zero-order chi connectivity index (χ0) is 8.81. The second-order valence-corrected chi connectivity index (χ2v) is 10.8. The van der Waals surface area contributed by atoms with Gasteiger partial charge in [-0.05, 0) is 0 Å². The van der Waals surface area contributed by atoms with E-state index in [1.54, 1.807) is 3.07 Å². The molecule has 1 nitrogen and oxygen atoms in total. The number of hydrogen-bond acceptors (Lipinski definition) is 1. The van der Waals surface area contributed by atoms with Crippen LogP contribution in [0.25, 0.3) is 0 Å². The average molecular weight is 350 g/mol. The molecule has 0 aliphatic heterocycles. The summed E-state index contributed by atoms with van der Waals surface area (Å²) < 4.78 is 4.26. The summed E-state index contributed by atoms with van der Waals surface area (Å²) in [7, 11) is 0. The summed E-state index contributed by atoms with van der Waals surface area (Å²) in [6.45, 7) is 6.97. The third-order valence-electron chi connectivity index (χ3n) is 2.14. The number of benzene rings is 1. The van der Waals surface area contributed by atoms with E-state index in [-0.39, 0.29) is 0 Å². The molecule has 0 atom stereocenters. The second kappa shape index (κ2) is 5.71. The van der Waals surface area contributed by atoms with Crippen LogP contribution in [0.1, 0.15) is 13.8 Å². The van der Waals surface area contributed by atoms with Gasteiger partial charge < -0.3 is 0 Å². The second-order valence-electron chi connectivity index (χ2n) is 2.95. The van der Waals surface area contributed by atoms with E-state index in [2.05, 4.69) is 46.8 Å². The van der Waals surface area contributed by atoms with Gasteiger partial charge in [-0.2, -0.15) is 0 Å². The minimum atomic E-state index is -0.909. The summed E-state index contributed by atoms with van der Waals surface area (Å²) in [6.07, 6.45) is 0. The van der Waals surface area contributed by atoms with Crippen molar-refractivity contribution in [1.82, 2.24) is 2.66 Å². The quantitative estimate of drug-likeness (QED) is 0.747. The molecule has 0 bridgehead atoms. The Morgan fingerprint density at radius 3 is 2.17 bits per heavy atom. The first-order chi connectivity index (χ1) is 5.86. The standard InChI is InChI=1S/C6H5.C4H10N.Hg/c1-2-4-6-5-3-1;1-3-5-4-2;/h1-5H;3-4H2,1-2H3;/q;-1;+1. The summed E-state index contributed by atoms with van der Waals surface area (Å²) in [5.74, 6) is 0. The van der Waals surface area contributed by atoms with E-state index >= 15 is 0 Å². The van der Waals surface area contributed by atoms with Gasteiger partial charge in [-0.15, -0.1) is 0 Å². The Hall–Kier alpha value is 0.115.